The Kier molecular flexibility index (Phi) is 14.0. The zero-order valence-electron chi connectivity index (χ0n) is 4.84. The van der Waals surface area contributed by atoms with Crippen molar-refractivity contribution in [3.05, 3.63) is 30.6 Å². The minimum absolute atomic E-state index is 0. The molecule has 0 aliphatic heterocycles. The van der Waals surface area contributed by atoms with Gasteiger partial charge in [0.2, 0.25) is 0 Å². The number of hydrogen-bond donors (Lipinski definition) is 0. The molecule has 0 radical (unpaired) electrons. The predicted octanol–water partition coefficient (Wildman–Crippen LogP) is 1.73. The van der Waals surface area contributed by atoms with Crippen molar-refractivity contribution in [1.82, 2.24) is 0 Å². The zero-order valence-corrected chi connectivity index (χ0v) is 7.77. The molecular formula is C6H10NW-. The van der Waals surface area contributed by atoms with Crippen LogP contribution in [0, 0.1) is 0 Å². The molecule has 8 heavy (non-hydrogen) atoms. The number of hydrogen-bond acceptors (Lipinski definition) is 0. The molecule has 0 N–H and O–H groups in total. The molecule has 1 nitrogen and oxygen atoms in total. The van der Waals surface area contributed by atoms with Crippen LogP contribution in [0.15, 0.2) is 25.3 Å². The Bertz CT molecular complexity index is 53.5. The first-order chi connectivity index (χ1) is 3.41. The first-order valence-electron chi connectivity index (χ1n) is 2.27. The van der Waals surface area contributed by atoms with Crippen molar-refractivity contribution in [2.45, 2.75) is 0 Å². The molecule has 2 heteroatoms. The molecule has 0 heterocycles. The van der Waals surface area contributed by atoms with Gasteiger partial charge in [-0.1, -0.05) is 0 Å². The molecule has 0 unspecified atom stereocenters. The Balaban J connectivity index is 0. The van der Waals surface area contributed by atoms with Gasteiger partial charge in [0, 0.05) is 21.1 Å². The summed E-state index contributed by atoms with van der Waals surface area (Å²) >= 11 is 0. The van der Waals surface area contributed by atoms with Crippen LogP contribution in [-0.2, 0) is 21.1 Å². The molecule has 0 rings (SSSR count). The van der Waals surface area contributed by atoms with E-state index in [9.17, 15) is 0 Å². The third-order valence-corrected chi connectivity index (χ3v) is 0.516. The Hall–Kier alpha value is 0.128. The van der Waals surface area contributed by atoms with Crippen molar-refractivity contribution in [2.75, 3.05) is 13.1 Å². The molecular weight excluding hydrogens is 270 g/mol. The summed E-state index contributed by atoms with van der Waals surface area (Å²) in [4.78, 5) is 0. The summed E-state index contributed by atoms with van der Waals surface area (Å²) in [6, 6.07) is 0. The normalized spacial score (nSPS) is 7.00. The molecule has 46 valence electrons. The van der Waals surface area contributed by atoms with Gasteiger partial charge in [-0.25, -0.2) is 0 Å². The maximum Gasteiger partial charge on any atom is 0 e. The van der Waals surface area contributed by atoms with Crippen LogP contribution in [0.3, 0.4) is 0 Å². The van der Waals surface area contributed by atoms with Gasteiger partial charge in [-0.15, -0.1) is 38.4 Å². The molecule has 0 fully saturated rings. The maximum atomic E-state index is 3.97. The third kappa shape index (κ3) is 9.46. The molecule has 0 aromatic heterocycles. The van der Waals surface area contributed by atoms with Crippen LogP contribution in [-0.4, -0.2) is 13.1 Å². The van der Waals surface area contributed by atoms with E-state index in [4.69, 9.17) is 0 Å². The Morgan fingerprint density at radius 1 is 1.12 bits per heavy atom. The quantitative estimate of drug-likeness (QED) is 0.550. The zero-order chi connectivity index (χ0) is 5.54. The Morgan fingerprint density at radius 3 is 1.75 bits per heavy atom. The fraction of sp³-hybridized carbons (Fsp3) is 0.333. The predicted molar refractivity (Wildman–Crippen MR) is 33.5 cm³/mol. The van der Waals surface area contributed by atoms with E-state index in [2.05, 4.69) is 18.5 Å². The molecule has 0 aliphatic carbocycles. The van der Waals surface area contributed by atoms with E-state index in [1.807, 2.05) is 0 Å². The van der Waals surface area contributed by atoms with Crippen molar-refractivity contribution in [2.24, 2.45) is 0 Å². The molecule has 0 aromatic rings. The van der Waals surface area contributed by atoms with Gasteiger partial charge >= 0.3 is 0 Å². The van der Waals surface area contributed by atoms with Gasteiger partial charge in [-0.05, 0) is 0 Å². The van der Waals surface area contributed by atoms with Gasteiger partial charge in [0.15, 0.2) is 0 Å². The average molecular weight is 280 g/mol. The van der Waals surface area contributed by atoms with Crippen LogP contribution in [0.1, 0.15) is 0 Å². The Morgan fingerprint density at radius 2 is 1.50 bits per heavy atom. The summed E-state index contributed by atoms with van der Waals surface area (Å²) in [5.41, 5.74) is 0. The molecule has 0 amide bonds. The van der Waals surface area contributed by atoms with E-state index in [1.54, 1.807) is 12.2 Å². The summed E-state index contributed by atoms with van der Waals surface area (Å²) in [6.07, 6.45) is 3.53. The summed E-state index contributed by atoms with van der Waals surface area (Å²) in [5, 5.41) is 3.97. The second-order valence-corrected chi connectivity index (χ2v) is 1.17. The van der Waals surface area contributed by atoms with Gasteiger partial charge in [0.05, 0.1) is 0 Å². The van der Waals surface area contributed by atoms with Crippen LogP contribution in [0.4, 0.5) is 0 Å². The first kappa shape index (κ1) is 11.0. The van der Waals surface area contributed by atoms with E-state index in [0.717, 1.165) is 13.1 Å². The summed E-state index contributed by atoms with van der Waals surface area (Å²) < 4.78 is 0. The Labute approximate surface area is 65.1 Å². The van der Waals surface area contributed by atoms with Crippen molar-refractivity contribution < 1.29 is 21.1 Å². The van der Waals surface area contributed by atoms with Crippen LogP contribution < -0.4 is 0 Å². The van der Waals surface area contributed by atoms with E-state index in [1.165, 1.54) is 0 Å². The SMILES string of the molecule is C=CC[N-]CC=C.[W]. The average Bonchev–Trinajstić information content (AvgIpc) is 1.69. The smallest absolute Gasteiger partial charge is 0 e. The van der Waals surface area contributed by atoms with E-state index < -0.39 is 0 Å². The topological polar surface area (TPSA) is 14.1 Å². The van der Waals surface area contributed by atoms with Crippen molar-refractivity contribution in [3.8, 4) is 0 Å². The summed E-state index contributed by atoms with van der Waals surface area (Å²) in [7, 11) is 0. The monoisotopic (exact) mass is 280 g/mol. The summed E-state index contributed by atoms with van der Waals surface area (Å²) in [6.45, 7) is 8.49. The maximum absolute atomic E-state index is 3.97. The molecule has 0 aliphatic rings. The van der Waals surface area contributed by atoms with E-state index in [0.29, 0.717) is 0 Å². The molecule has 0 saturated carbocycles. The molecule has 0 spiro atoms. The first-order valence-corrected chi connectivity index (χ1v) is 2.27. The van der Waals surface area contributed by atoms with Gasteiger partial charge in [0.25, 0.3) is 0 Å². The minimum atomic E-state index is 0. The molecule has 0 saturated heterocycles. The van der Waals surface area contributed by atoms with Crippen LogP contribution in [0.5, 0.6) is 0 Å². The standard InChI is InChI=1S/C6H10N.W/c1-3-5-7-6-4-2;/h3-4H,1-2,5-6H2;/q-1;. The minimum Gasteiger partial charge on any atom is -0.656 e. The number of rotatable bonds is 4. The molecule has 0 bridgehead atoms. The molecule has 0 atom stereocenters. The van der Waals surface area contributed by atoms with Gasteiger partial charge in [0.1, 0.15) is 0 Å². The summed E-state index contributed by atoms with van der Waals surface area (Å²) in [5.74, 6) is 0. The fourth-order valence-corrected chi connectivity index (χ4v) is 0.257. The van der Waals surface area contributed by atoms with Crippen molar-refractivity contribution >= 4 is 0 Å². The van der Waals surface area contributed by atoms with Gasteiger partial charge < -0.3 is 5.32 Å². The number of nitrogens with zero attached hydrogens (tertiary/aromatic N) is 1. The second kappa shape index (κ2) is 10.2. The molecule has 0 aromatic carbocycles. The van der Waals surface area contributed by atoms with Crippen molar-refractivity contribution in [1.29, 1.82) is 0 Å². The van der Waals surface area contributed by atoms with E-state index >= 15 is 0 Å². The van der Waals surface area contributed by atoms with Gasteiger partial charge in [-0.3, -0.25) is 0 Å². The van der Waals surface area contributed by atoms with Crippen LogP contribution in [0.25, 0.3) is 5.32 Å². The third-order valence-electron chi connectivity index (χ3n) is 0.516. The second-order valence-electron chi connectivity index (χ2n) is 1.17. The van der Waals surface area contributed by atoms with Gasteiger partial charge in [-0.2, -0.15) is 0 Å². The van der Waals surface area contributed by atoms with Crippen LogP contribution >= 0.6 is 0 Å². The van der Waals surface area contributed by atoms with Crippen molar-refractivity contribution in [3.63, 3.8) is 0 Å². The van der Waals surface area contributed by atoms with E-state index in [-0.39, 0.29) is 21.1 Å². The largest absolute Gasteiger partial charge is 0.656 e. The fourth-order valence-electron chi connectivity index (χ4n) is 0.257. The van der Waals surface area contributed by atoms with Crippen LogP contribution in [0.2, 0.25) is 0 Å².